The molecule has 0 saturated carbocycles. The lowest BCUT2D eigenvalue weighted by Gasteiger charge is -2.08. The van der Waals surface area contributed by atoms with Gasteiger partial charge < -0.3 is 5.73 Å². The highest BCUT2D eigenvalue weighted by Crippen LogP contribution is 2.21. The Bertz CT molecular complexity index is 370. The predicted molar refractivity (Wildman–Crippen MR) is 55.7 cm³/mol. The molecule has 1 heterocycles. The fourth-order valence-corrected chi connectivity index (χ4v) is 1.96. The largest absolute Gasteiger partial charge is 0.326 e. The summed E-state index contributed by atoms with van der Waals surface area (Å²) in [7, 11) is 0. The average molecular weight is 208 g/mol. The summed E-state index contributed by atoms with van der Waals surface area (Å²) in [4.78, 5) is 8.49. The van der Waals surface area contributed by atoms with E-state index in [2.05, 4.69) is 16.0 Å². The summed E-state index contributed by atoms with van der Waals surface area (Å²) in [5, 5.41) is 9.32. The lowest BCUT2D eigenvalue weighted by molar-refractivity contribution is 0.857. The summed E-state index contributed by atoms with van der Waals surface area (Å²) in [5.74, 6) is 1.11. The van der Waals surface area contributed by atoms with Crippen molar-refractivity contribution in [1.82, 2.24) is 9.97 Å². The van der Waals surface area contributed by atoms with Crippen LogP contribution in [0.2, 0.25) is 0 Å². The van der Waals surface area contributed by atoms with Crippen molar-refractivity contribution in [1.29, 1.82) is 5.26 Å². The maximum absolute atomic E-state index is 8.48. The fraction of sp³-hybridized carbons (Fsp3) is 0.444. The first-order valence-electron chi connectivity index (χ1n) is 4.23. The molecular formula is C9H12N4S. The van der Waals surface area contributed by atoms with E-state index in [-0.39, 0.29) is 0 Å². The third-order valence-electron chi connectivity index (χ3n) is 1.77. The minimum atomic E-state index is 0.392. The monoisotopic (exact) mass is 208 g/mol. The molecular weight excluding hydrogens is 196 g/mol. The summed E-state index contributed by atoms with van der Waals surface area (Å²) in [6.45, 7) is 4.16. The van der Waals surface area contributed by atoms with E-state index in [0.29, 0.717) is 12.3 Å². The van der Waals surface area contributed by atoms with Gasteiger partial charge in [0.25, 0.3) is 0 Å². The molecule has 0 bridgehead atoms. The molecule has 0 atom stereocenters. The number of thioether (sulfide) groups is 1. The molecule has 0 saturated heterocycles. The molecule has 0 radical (unpaired) electrons. The van der Waals surface area contributed by atoms with Crippen LogP contribution in [0.15, 0.2) is 5.03 Å². The quantitative estimate of drug-likeness (QED) is 0.596. The van der Waals surface area contributed by atoms with E-state index in [4.69, 9.17) is 11.0 Å². The van der Waals surface area contributed by atoms with Gasteiger partial charge in [-0.05, 0) is 13.8 Å². The second-order valence-electron chi connectivity index (χ2n) is 2.79. The number of aromatic nitrogens is 2. The number of hydrogen-bond acceptors (Lipinski definition) is 5. The van der Waals surface area contributed by atoms with Crippen molar-refractivity contribution in [2.24, 2.45) is 5.73 Å². The minimum absolute atomic E-state index is 0.392. The van der Waals surface area contributed by atoms with Crippen molar-refractivity contribution in [2.45, 2.75) is 25.4 Å². The van der Waals surface area contributed by atoms with E-state index in [1.807, 2.05) is 13.8 Å². The molecule has 0 spiro atoms. The van der Waals surface area contributed by atoms with Crippen molar-refractivity contribution in [3.05, 3.63) is 17.1 Å². The Kier molecular flexibility index (Phi) is 3.86. The molecule has 1 rings (SSSR count). The minimum Gasteiger partial charge on any atom is -0.326 e. The number of nitrogens with zero attached hydrogens (tertiary/aromatic N) is 3. The topological polar surface area (TPSA) is 75.6 Å². The zero-order valence-electron chi connectivity index (χ0n) is 8.24. The molecule has 0 aliphatic rings. The molecule has 2 N–H and O–H groups in total. The molecule has 4 nitrogen and oxygen atoms in total. The molecule has 14 heavy (non-hydrogen) atoms. The molecule has 5 heteroatoms. The Hall–Kier alpha value is -1.12. The first kappa shape index (κ1) is 11.0. The highest BCUT2D eigenvalue weighted by Gasteiger charge is 2.08. The van der Waals surface area contributed by atoms with Crippen LogP contribution in [0.3, 0.4) is 0 Å². The van der Waals surface area contributed by atoms with Crippen LogP contribution in [0.1, 0.15) is 17.1 Å². The van der Waals surface area contributed by atoms with Gasteiger partial charge in [0.05, 0.1) is 11.8 Å². The van der Waals surface area contributed by atoms with Crippen LogP contribution in [-0.2, 0) is 6.54 Å². The maximum Gasteiger partial charge on any atom is 0.126 e. The Labute approximate surface area is 87.6 Å². The molecule has 0 aliphatic carbocycles. The molecule has 0 aromatic carbocycles. The first-order valence-corrected chi connectivity index (χ1v) is 5.21. The van der Waals surface area contributed by atoms with E-state index < -0.39 is 0 Å². The predicted octanol–water partition coefficient (Wildman–Crippen LogP) is 1.17. The van der Waals surface area contributed by atoms with Gasteiger partial charge in [-0.3, -0.25) is 0 Å². The molecule has 0 fully saturated rings. The standard InChI is InChI=1S/C9H12N4S/c1-6-8(5-11)9(14-4-3-10)13-7(2)12-6/h4-5,11H2,1-2H3. The van der Waals surface area contributed by atoms with E-state index in [1.54, 1.807) is 0 Å². The van der Waals surface area contributed by atoms with Crippen LogP contribution >= 0.6 is 11.8 Å². The van der Waals surface area contributed by atoms with Crippen LogP contribution in [0.25, 0.3) is 0 Å². The van der Waals surface area contributed by atoms with Crippen LogP contribution in [0.5, 0.6) is 0 Å². The van der Waals surface area contributed by atoms with Crippen molar-refractivity contribution >= 4 is 11.8 Å². The number of nitrogens with two attached hydrogens (primary N) is 1. The van der Waals surface area contributed by atoms with Gasteiger partial charge in [0, 0.05) is 17.8 Å². The highest BCUT2D eigenvalue weighted by molar-refractivity contribution is 7.99. The van der Waals surface area contributed by atoms with Gasteiger partial charge in [-0.25, -0.2) is 9.97 Å². The van der Waals surface area contributed by atoms with Gasteiger partial charge in [0.1, 0.15) is 10.9 Å². The van der Waals surface area contributed by atoms with Crippen molar-refractivity contribution in [2.75, 3.05) is 5.75 Å². The number of hydrogen-bond donors (Lipinski definition) is 1. The Morgan fingerprint density at radius 3 is 2.71 bits per heavy atom. The lowest BCUT2D eigenvalue weighted by Crippen LogP contribution is -2.07. The van der Waals surface area contributed by atoms with Gasteiger partial charge >= 0.3 is 0 Å². The van der Waals surface area contributed by atoms with Crippen LogP contribution in [0, 0.1) is 25.2 Å². The van der Waals surface area contributed by atoms with E-state index in [9.17, 15) is 0 Å². The fourth-order valence-electron chi connectivity index (χ4n) is 1.16. The van der Waals surface area contributed by atoms with Crippen molar-refractivity contribution in [3.8, 4) is 6.07 Å². The molecule has 1 aromatic rings. The third kappa shape index (κ3) is 2.44. The third-order valence-corrected chi connectivity index (χ3v) is 2.65. The van der Waals surface area contributed by atoms with Crippen LogP contribution < -0.4 is 5.73 Å². The molecule has 0 aliphatic heterocycles. The van der Waals surface area contributed by atoms with Crippen LogP contribution in [0.4, 0.5) is 0 Å². The highest BCUT2D eigenvalue weighted by atomic mass is 32.2. The zero-order chi connectivity index (χ0) is 10.6. The van der Waals surface area contributed by atoms with Crippen LogP contribution in [-0.4, -0.2) is 15.7 Å². The smallest absolute Gasteiger partial charge is 0.126 e. The van der Waals surface area contributed by atoms with E-state index >= 15 is 0 Å². The normalized spacial score (nSPS) is 9.86. The molecule has 1 aromatic heterocycles. The Morgan fingerprint density at radius 1 is 1.43 bits per heavy atom. The van der Waals surface area contributed by atoms with Crippen molar-refractivity contribution in [3.63, 3.8) is 0 Å². The molecule has 0 unspecified atom stereocenters. The molecule has 74 valence electrons. The Morgan fingerprint density at radius 2 is 2.14 bits per heavy atom. The van der Waals surface area contributed by atoms with Gasteiger partial charge in [-0.2, -0.15) is 5.26 Å². The van der Waals surface area contributed by atoms with E-state index in [1.165, 1.54) is 11.8 Å². The Balaban J connectivity index is 3.06. The van der Waals surface area contributed by atoms with Gasteiger partial charge in [-0.1, -0.05) is 11.8 Å². The summed E-state index contributed by atoms with van der Waals surface area (Å²) in [6.07, 6.45) is 0. The zero-order valence-corrected chi connectivity index (χ0v) is 9.06. The van der Waals surface area contributed by atoms with Gasteiger partial charge in [0.2, 0.25) is 0 Å². The average Bonchev–Trinajstić information content (AvgIpc) is 2.14. The molecule has 0 amide bonds. The summed E-state index contributed by atoms with van der Waals surface area (Å²) in [5.41, 5.74) is 7.44. The van der Waals surface area contributed by atoms with E-state index in [0.717, 1.165) is 22.1 Å². The SMILES string of the molecule is Cc1nc(C)c(CN)c(SCC#N)n1. The van der Waals surface area contributed by atoms with Gasteiger partial charge in [-0.15, -0.1) is 0 Å². The summed E-state index contributed by atoms with van der Waals surface area (Å²) in [6, 6.07) is 2.07. The van der Waals surface area contributed by atoms with Gasteiger partial charge in [0.15, 0.2) is 0 Å². The number of rotatable bonds is 3. The summed E-state index contributed by atoms with van der Waals surface area (Å²) >= 11 is 1.41. The number of aryl methyl sites for hydroxylation is 2. The maximum atomic E-state index is 8.48. The second-order valence-corrected chi connectivity index (χ2v) is 3.75. The lowest BCUT2D eigenvalue weighted by atomic mass is 10.2. The number of nitriles is 1. The summed E-state index contributed by atoms with van der Waals surface area (Å²) < 4.78 is 0. The second kappa shape index (κ2) is 4.94. The first-order chi connectivity index (χ1) is 6.69. The van der Waals surface area contributed by atoms with Crippen molar-refractivity contribution < 1.29 is 0 Å².